The van der Waals surface area contributed by atoms with E-state index >= 15 is 0 Å². The summed E-state index contributed by atoms with van der Waals surface area (Å²) in [7, 11) is 0. The second-order valence-corrected chi connectivity index (χ2v) is 7.84. The van der Waals surface area contributed by atoms with Gasteiger partial charge in [-0.25, -0.2) is 4.58 Å². The van der Waals surface area contributed by atoms with Crippen LogP contribution in [0.4, 0.5) is 0 Å². The summed E-state index contributed by atoms with van der Waals surface area (Å²) in [5, 5.41) is 0. The number of fused-ring (bicyclic) bond motifs is 1. The number of hydrogen-bond donors (Lipinski definition) is 0. The van der Waals surface area contributed by atoms with Gasteiger partial charge < -0.3 is 4.74 Å². The van der Waals surface area contributed by atoms with Crippen molar-refractivity contribution in [2.24, 2.45) is 17.8 Å². The Morgan fingerprint density at radius 1 is 1.04 bits per heavy atom. The van der Waals surface area contributed by atoms with Gasteiger partial charge in [0, 0.05) is 18.8 Å². The van der Waals surface area contributed by atoms with Crippen molar-refractivity contribution in [3.63, 3.8) is 0 Å². The molecule has 0 radical (unpaired) electrons. The fraction of sp³-hybridized carbons (Fsp3) is 0.952. The topological polar surface area (TPSA) is 12.2 Å². The number of ether oxygens (including phenoxy) is 1. The van der Waals surface area contributed by atoms with Crippen molar-refractivity contribution < 1.29 is 9.31 Å². The van der Waals surface area contributed by atoms with Crippen LogP contribution >= 0.6 is 0 Å². The second-order valence-electron chi connectivity index (χ2n) is 7.84. The first kappa shape index (κ1) is 19.0. The van der Waals surface area contributed by atoms with E-state index in [0.29, 0.717) is 5.92 Å². The Labute approximate surface area is 144 Å². The molecule has 1 saturated heterocycles. The lowest BCUT2D eigenvalue weighted by Crippen LogP contribution is -2.55. The molecule has 4 unspecified atom stereocenters. The third-order valence-electron chi connectivity index (χ3n) is 6.33. The molecule has 4 atom stereocenters. The quantitative estimate of drug-likeness (QED) is 0.374. The van der Waals surface area contributed by atoms with Gasteiger partial charge >= 0.3 is 0 Å². The van der Waals surface area contributed by atoms with Crippen molar-refractivity contribution >= 4 is 6.21 Å². The zero-order chi connectivity index (χ0) is 16.7. The molecule has 2 aliphatic heterocycles. The molecule has 1 fully saturated rings. The lowest BCUT2D eigenvalue weighted by Gasteiger charge is -2.42. The van der Waals surface area contributed by atoms with Crippen LogP contribution in [-0.2, 0) is 4.74 Å². The number of unbranched alkanes of at least 4 members (excludes halogenated alkanes) is 4. The highest BCUT2D eigenvalue weighted by Gasteiger charge is 2.58. The maximum absolute atomic E-state index is 6.48. The molecule has 23 heavy (non-hydrogen) atoms. The van der Waals surface area contributed by atoms with Gasteiger partial charge in [0.2, 0.25) is 0 Å². The standard InChI is InChI=1S/C21H40NO/c1-5-8-10-13-19-17-22-16-12-15-21(22,23-7-3)20(18(19)4)14-11-9-6-2/h17-20H,5-16H2,1-4H3/q+1. The van der Waals surface area contributed by atoms with Gasteiger partial charge in [0.25, 0.3) is 5.72 Å². The third kappa shape index (κ3) is 4.18. The highest BCUT2D eigenvalue weighted by atomic mass is 16.5. The Balaban J connectivity index is 2.17. The SMILES string of the molecule is CCCCCC1C=[N+]2CCCC2(OCC)C(CCCCC)C1C. The van der Waals surface area contributed by atoms with E-state index in [1.807, 2.05) is 0 Å². The van der Waals surface area contributed by atoms with Gasteiger partial charge in [0.15, 0.2) is 0 Å². The first-order valence-corrected chi connectivity index (χ1v) is 10.4. The van der Waals surface area contributed by atoms with E-state index in [1.165, 1.54) is 70.8 Å². The normalized spacial score (nSPS) is 33.6. The van der Waals surface area contributed by atoms with Crippen molar-refractivity contribution in [1.29, 1.82) is 0 Å². The van der Waals surface area contributed by atoms with Gasteiger partial charge in [-0.3, -0.25) is 0 Å². The summed E-state index contributed by atoms with van der Waals surface area (Å²) < 4.78 is 9.11. The second kappa shape index (κ2) is 9.20. The number of hydrogen-bond acceptors (Lipinski definition) is 1. The minimum absolute atomic E-state index is 0.0309. The van der Waals surface area contributed by atoms with Gasteiger partial charge in [-0.05, 0) is 25.7 Å². The summed E-state index contributed by atoms with van der Waals surface area (Å²) in [6.07, 6.45) is 16.0. The summed E-state index contributed by atoms with van der Waals surface area (Å²) in [5.74, 6) is 2.25. The van der Waals surface area contributed by atoms with Crippen LogP contribution in [0.3, 0.4) is 0 Å². The maximum atomic E-state index is 6.48. The number of rotatable bonds is 10. The fourth-order valence-corrected chi connectivity index (χ4v) is 5.09. The van der Waals surface area contributed by atoms with Crippen molar-refractivity contribution in [2.75, 3.05) is 13.2 Å². The summed E-state index contributed by atoms with van der Waals surface area (Å²) in [6.45, 7) is 11.4. The van der Waals surface area contributed by atoms with E-state index in [2.05, 4.69) is 38.5 Å². The van der Waals surface area contributed by atoms with Crippen LogP contribution in [0.15, 0.2) is 0 Å². The van der Waals surface area contributed by atoms with E-state index < -0.39 is 0 Å². The molecule has 0 aromatic rings. The average Bonchev–Trinajstić information content (AvgIpc) is 2.94. The minimum Gasteiger partial charge on any atom is -0.319 e. The molecule has 2 rings (SSSR count). The molecule has 0 spiro atoms. The van der Waals surface area contributed by atoms with E-state index in [0.717, 1.165) is 18.4 Å². The molecular weight excluding hydrogens is 282 g/mol. The van der Waals surface area contributed by atoms with Crippen LogP contribution in [-0.4, -0.2) is 29.7 Å². The zero-order valence-corrected chi connectivity index (χ0v) is 16.2. The predicted octanol–water partition coefficient (Wildman–Crippen LogP) is 5.64. The monoisotopic (exact) mass is 322 g/mol. The number of nitrogens with zero attached hydrogens (tertiary/aromatic N) is 1. The molecule has 0 aliphatic carbocycles. The van der Waals surface area contributed by atoms with E-state index in [4.69, 9.17) is 4.74 Å². The van der Waals surface area contributed by atoms with Crippen molar-refractivity contribution in [1.82, 2.24) is 0 Å². The summed E-state index contributed by atoms with van der Waals surface area (Å²) in [5.41, 5.74) is 0.0309. The molecule has 134 valence electrons. The fourth-order valence-electron chi connectivity index (χ4n) is 5.09. The molecule has 0 saturated carbocycles. The van der Waals surface area contributed by atoms with Crippen LogP contribution in [0, 0.1) is 17.8 Å². The predicted molar refractivity (Wildman–Crippen MR) is 99.2 cm³/mol. The minimum atomic E-state index is 0.0309. The first-order valence-electron chi connectivity index (χ1n) is 10.4. The molecule has 0 aromatic carbocycles. The van der Waals surface area contributed by atoms with Gasteiger partial charge in [0.05, 0.1) is 12.5 Å². The smallest absolute Gasteiger partial charge is 0.270 e. The Morgan fingerprint density at radius 3 is 2.39 bits per heavy atom. The Morgan fingerprint density at radius 2 is 1.74 bits per heavy atom. The van der Waals surface area contributed by atoms with Gasteiger partial charge in [-0.2, -0.15) is 0 Å². The van der Waals surface area contributed by atoms with E-state index in [1.54, 1.807) is 0 Å². The maximum Gasteiger partial charge on any atom is 0.270 e. The lowest BCUT2D eigenvalue weighted by atomic mass is 9.70. The Bertz CT molecular complexity index is 378. The van der Waals surface area contributed by atoms with Crippen LogP contribution in [0.2, 0.25) is 0 Å². The van der Waals surface area contributed by atoms with Crippen LogP contribution in [0.25, 0.3) is 0 Å². The van der Waals surface area contributed by atoms with Crippen LogP contribution in [0.5, 0.6) is 0 Å². The summed E-state index contributed by atoms with van der Waals surface area (Å²) in [6, 6.07) is 0. The largest absolute Gasteiger partial charge is 0.319 e. The third-order valence-corrected chi connectivity index (χ3v) is 6.33. The molecule has 2 aliphatic rings. The molecule has 2 nitrogen and oxygen atoms in total. The Kier molecular flexibility index (Phi) is 7.59. The van der Waals surface area contributed by atoms with Gasteiger partial charge in [0.1, 0.15) is 12.8 Å². The Hall–Kier alpha value is -0.370. The van der Waals surface area contributed by atoms with Crippen molar-refractivity contribution in [3.8, 4) is 0 Å². The van der Waals surface area contributed by atoms with Crippen molar-refractivity contribution in [3.05, 3.63) is 0 Å². The summed E-state index contributed by atoms with van der Waals surface area (Å²) >= 11 is 0. The molecular formula is C21H40NO+. The highest BCUT2D eigenvalue weighted by Crippen LogP contribution is 2.46. The zero-order valence-electron chi connectivity index (χ0n) is 16.2. The lowest BCUT2D eigenvalue weighted by molar-refractivity contribution is -0.658. The first-order chi connectivity index (χ1) is 11.2. The van der Waals surface area contributed by atoms with Gasteiger partial charge in [-0.15, -0.1) is 0 Å². The van der Waals surface area contributed by atoms with Crippen LogP contribution in [0.1, 0.15) is 91.9 Å². The van der Waals surface area contributed by atoms with Gasteiger partial charge in [-0.1, -0.05) is 59.3 Å². The summed E-state index contributed by atoms with van der Waals surface area (Å²) in [4.78, 5) is 0. The van der Waals surface area contributed by atoms with E-state index in [-0.39, 0.29) is 5.72 Å². The molecule has 0 amide bonds. The average molecular weight is 323 g/mol. The highest BCUT2D eigenvalue weighted by molar-refractivity contribution is 5.57. The molecule has 0 aromatic heterocycles. The van der Waals surface area contributed by atoms with Crippen molar-refractivity contribution in [2.45, 2.75) is 97.6 Å². The molecule has 0 bridgehead atoms. The van der Waals surface area contributed by atoms with E-state index in [9.17, 15) is 0 Å². The molecule has 2 heterocycles. The van der Waals surface area contributed by atoms with Crippen LogP contribution < -0.4 is 0 Å². The molecule has 2 heteroatoms. The molecule has 0 N–H and O–H groups in total.